The molecule has 0 radical (unpaired) electrons. The maximum absolute atomic E-state index is 13.2. The number of ether oxygens (including phenoxy) is 1. The Labute approximate surface area is 187 Å². The van der Waals surface area contributed by atoms with Crippen molar-refractivity contribution in [2.24, 2.45) is 0 Å². The predicted molar refractivity (Wildman–Crippen MR) is 119 cm³/mol. The van der Waals surface area contributed by atoms with E-state index >= 15 is 0 Å². The number of carbonyl (C=O) groups excluding carboxylic acids is 1. The van der Waals surface area contributed by atoms with Gasteiger partial charge in [-0.05, 0) is 49.2 Å². The molecule has 0 saturated carbocycles. The highest BCUT2D eigenvalue weighted by molar-refractivity contribution is 7.91. The fourth-order valence-electron chi connectivity index (χ4n) is 3.95. The summed E-state index contributed by atoms with van der Waals surface area (Å²) in [5.41, 5.74) is 1.63. The zero-order valence-corrected chi connectivity index (χ0v) is 19.0. The van der Waals surface area contributed by atoms with Gasteiger partial charge in [0.05, 0.1) is 22.3 Å². The fraction of sp³-hybridized carbons (Fsp3) is 0.318. The Morgan fingerprint density at radius 1 is 1.22 bits per heavy atom. The standard InChI is InChI=1S/C22H23FN2O5S2/c1-2-30-21(26)12-25-20-6-4-3-5-18(20)19-11-16(13-31(27)22(19)25)24-14-32(28,29)17-9-7-15(23)8-10-17/h3-10,16,24H,2,11-14H2,1H3/t16-,31?/m0/s1. The topological polar surface area (TPSA) is 94.5 Å². The summed E-state index contributed by atoms with van der Waals surface area (Å²) >= 11 is 0. The van der Waals surface area contributed by atoms with Gasteiger partial charge in [-0.1, -0.05) is 18.2 Å². The van der Waals surface area contributed by atoms with Gasteiger partial charge in [-0.25, -0.2) is 12.8 Å². The molecular formula is C22H23FN2O5S2. The molecule has 1 aliphatic rings. The van der Waals surface area contributed by atoms with E-state index in [0.717, 1.165) is 28.6 Å². The number of nitrogens with one attached hydrogen (secondary N) is 1. The number of hydrogen-bond donors (Lipinski definition) is 1. The number of halogens is 1. The van der Waals surface area contributed by atoms with E-state index in [-0.39, 0.29) is 35.7 Å². The van der Waals surface area contributed by atoms with Crippen LogP contribution in [-0.4, -0.2) is 47.4 Å². The summed E-state index contributed by atoms with van der Waals surface area (Å²) in [7, 11) is -5.11. The van der Waals surface area contributed by atoms with Gasteiger partial charge in [0.25, 0.3) is 0 Å². The lowest BCUT2D eigenvalue weighted by Crippen LogP contribution is -2.42. The largest absolute Gasteiger partial charge is 0.465 e. The second kappa shape index (κ2) is 9.13. The molecule has 0 spiro atoms. The Hall–Kier alpha value is -2.56. The molecule has 1 N–H and O–H groups in total. The highest BCUT2D eigenvalue weighted by Crippen LogP contribution is 2.33. The second-order valence-corrected chi connectivity index (χ2v) is 10.9. The molecule has 3 aromatic rings. The molecule has 0 amide bonds. The first kappa shape index (κ1) is 22.6. The third-order valence-corrected chi connectivity index (χ3v) is 8.51. The van der Waals surface area contributed by atoms with Crippen molar-refractivity contribution in [3.63, 3.8) is 0 Å². The summed E-state index contributed by atoms with van der Waals surface area (Å²) in [6, 6.07) is 11.8. The molecule has 1 unspecified atom stereocenters. The zero-order valence-electron chi connectivity index (χ0n) is 17.4. The van der Waals surface area contributed by atoms with Crippen molar-refractivity contribution in [3.05, 3.63) is 59.9 Å². The van der Waals surface area contributed by atoms with Crippen LogP contribution in [0.1, 0.15) is 12.5 Å². The Balaban J connectivity index is 1.59. The Morgan fingerprint density at radius 3 is 2.66 bits per heavy atom. The Bertz CT molecular complexity index is 1290. The lowest BCUT2D eigenvalue weighted by atomic mass is 10.1. The van der Waals surface area contributed by atoms with Crippen LogP contribution in [0.15, 0.2) is 58.5 Å². The van der Waals surface area contributed by atoms with Crippen LogP contribution in [0, 0.1) is 5.82 Å². The molecule has 1 aromatic heterocycles. The number of nitrogens with zero attached hydrogens (tertiary/aromatic N) is 1. The van der Waals surface area contributed by atoms with Crippen molar-refractivity contribution in [2.45, 2.75) is 35.9 Å². The third kappa shape index (κ3) is 4.48. The molecule has 1 aliphatic heterocycles. The minimum atomic E-state index is -3.67. The maximum Gasteiger partial charge on any atom is 0.325 e. The van der Waals surface area contributed by atoms with Crippen LogP contribution in [0.5, 0.6) is 0 Å². The van der Waals surface area contributed by atoms with Gasteiger partial charge in [0, 0.05) is 22.7 Å². The third-order valence-electron chi connectivity index (χ3n) is 5.37. The lowest BCUT2D eigenvalue weighted by Gasteiger charge is -2.24. The number of carbonyl (C=O) groups is 1. The van der Waals surface area contributed by atoms with Crippen LogP contribution in [0.3, 0.4) is 0 Å². The van der Waals surface area contributed by atoms with Crippen LogP contribution >= 0.6 is 0 Å². The van der Waals surface area contributed by atoms with Crippen LogP contribution in [0.2, 0.25) is 0 Å². The molecular weight excluding hydrogens is 455 g/mol. The number of hydrogen-bond acceptors (Lipinski definition) is 6. The zero-order chi connectivity index (χ0) is 22.9. The minimum absolute atomic E-state index is 0.0232. The number of benzene rings is 2. The molecule has 4 rings (SSSR count). The summed E-state index contributed by atoms with van der Waals surface area (Å²) in [6.45, 7) is 1.96. The molecule has 7 nitrogen and oxygen atoms in total. The van der Waals surface area contributed by atoms with Crippen LogP contribution in [0.4, 0.5) is 4.39 Å². The number of sulfone groups is 1. The van der Waals surface area contributed by atoms with Crippen molar-refractivity contribution in [1.82, 2.24) is 9.88 Å². The molecule has 2 heterocycles. The van der Waals surface area contributed by atoms with Crippen molar-refractivity contribution in [3.8, 4) is 0 Å². The van der Waals surface area contributed by atoms with Gasteiger partial charge < -0.3 is 9.30 Å². The second-order valence-electron chi connectivity index (χ2n) is 7.52. The molecule has 0 saturated heterocycles. The van der Waals surface area contributed by atoms with E-state index in [1.807, 2.05) is 24.3 Å². The molecule has 10 heteroatoms. The highest BCUT2D eigenvalue weighted by atomic mass is 32.2. The van der Waals surface area contributed by atoms with Gasteiger partial charge in [-0.15, -0.1) is 0 Å². The lowest BCUT2D eigenvalue weighted by molar-refractivity contribution is -0.143. The summed E-state index contributed by atoms with van der Waals surface area (Å²) in [4.78, 5) is 12.2. The molecule has 0 bridgehead atoms. The summed E-state index contributed by atoms with van der Waals surface area (Å²) in [6.07, 6.45) is 0.469. The maximum atomic E-state index is 13.2. The molecule has 2 aromatic carbocycles. The van der Waals surface area contributed by atoms with E-state index in [9.17, 15) is 21.8 Å². The van der Waals surface area contributed by atoms with Gasteiger partial charge in [-0.2, -0.15) is 0 Å². The number of rotatable bonds is 7. The van der Waals surface area contributed by atoms with Crippen molar-refractivity contribution >= 4 is 37.5 Å². The van der Waals surface area contributed by atoms with Crippen molar-refractivity contribution < 1.29 is 26.5 Å². The smallest absolute Gasteiger partial charge is 0.325 e. The fourth-order valence-corrected chi connectivity index (χ4v) is 6.76. The molecule has 0 aliphatic carbocycles. The highest BCUT2D eigenvalue weighted by Gasteiger charge is 2.31. The number of para-hydroxylation sites is 1. The van der Waals surface area contributed by atoms with E-state index in [1.165, 1.54) is 12.1 Å². The van der Waals surface area contributed by atoms with E-state index < -0.39 is 32.4 Å². The molecule has 2 atom stereocenters. The van der Waals surface area contributed by atoms with Gasteiger partial charge >= 0.3 is 5.97 Å². The number of esters is 1. The first-order valence-electron chi connectivity index (χ1n) is 10.2. The van der Waals surface area contributed by atoms with E-state index in [1.54, 1.807) is 11.5 Å². The van der Waals surface area contributed by atoms with Gasteiger partial charge in [0.1, 0.15) is 23.3 Å². The van der Waals surface area contributed by atoms with E-state index in [2.05, 4.69) is 5.32 Å². The van der Waals surface area contributed by atoms with Crippen LogP contribution in [0.25, 0.3) is 10.9 Å². The van der Waals surface area contributed by atoms with Gasteiger partial charge in [0.2, 0.25) is 0 Å². The molecule has 32 heavy (non-hydrogen) atoms. The number of aromatic nitrogens is 1. The predicted octanol–water partition coefficient (Wildman–Crippen LogP) is 2.40. The van der Waals surface area contributed by atoms with Crippen LogP contribution < -0.4 is 5.32 Å². The quantitative estimate of drug-likeness (QED) is 0.414. The van der Waals surface area contributed by atoms with E-state index in [4.69, 9.17) is 4.74 Å². The average molecular weight is 479 g/mol. The normalized spacial score (nSPS) is 18.4. The van der Waals surface area contributed by atoms with E-state index in [0.29, 0.717) is 11.4 Å². The van der Waals surface area contributed by atoms with Gasteiger partial charge in [0.15, 0.2) is 9.84 Å². The van der Waals surface area contributed by atoms with Gasteiger partial charge in [-0.3, -0.25) is 14.3 Å². The SMILES string of the molecule is CCOC(=O)Cn1c2c(c3ccccc31)C[C@H](NCS(=O)(=O)c1ccc(F)cc1)CS2=O. The number of fused-ring (bicyclic) bond motifs is 3. The average Bonchev–Trinajstić information content (AvgIpc) is 3.07. The first-order valence-corrected chi connectivity index (χ1v) is 13.1. The van der Waals surface area contributed by atoms with Crippen molar-refractivity contribution in [1.29, 1.82) is 0 Å². The summed E-state index contributed by atoms with van der Waals surface area (Å²) in [5.74, 6) is -1.05. The van der Waals surface area contributed by atoms with Crippen molar-refractivity contribution in [2.75, 3.05) is 18.2 Å². The summed E-state index contributed by atoms with van der Waals surface area (Å²) in [5, 5.41) is 4.47. The van der Waals surface area contributed by atoms with Crippen LogP contribution in [-0.2, 0) is 43.1 Å². The monoisotopic (exact) mass is 478 g/mol. The molecule has 0 fully saturated rings. The Kier molecular flexibility index (Phi) is 6.45. The minimum Gasteiger partial charge on any atom is -0.465 e. The Morgan fingerprint density at radius 2 is 1.94 bits per heavy atom. The first-order chi connectivity index (χ1) is 15.3. The molecule has 170 valence electrons. The summed E-state index contributed by atoms with van der Waals surface area (Å²) < 4.78 is 58.3.